The van der Waals surface area contributed by atoms with Crippen LogP contribution in [0.25, 0.3) is 0 Å². The van der Waals surface area contributed by atoms with Gasteiger partial charge < -0.3 is 0 Å². The highest BCUT2D eigenvalue weighted by atomic mass is 14.4. The molecule has 0 aliphatic rings. The molecule has 0 spiro atoms. The van der Waals surface area contributed by atoms with E-state index < -0.39 is 267 Å². The highest BCUT2D eigenvalue weighted by molar-refractivity contribution is 6.45. The van der Waals surface area contributed by atoms with Crippen LogP contribution in [0, 0.1) is 419 Å². The molecule has 0 bridgehead atoms. The van der Waals surface area contributed by atoms with Crippen molar-refractivity contribution in [1.29, 1.82) is 0 Å². The Labute approximate surface area is 931 Å². The maximum atomic E-state index is 6.53. The van der Waals surface area contributed by atoms with Crippen molar-refractivity contribution in [2.75, 3.05) is 0 Å². The molecule has 0 saturated carbocycles. The van der Waals surface area contributed by atoms with Gasteiger partial charge in [-0.3, -0.25) is 0 Å². The Morgan fingerprint density at radius 2 is 0.150 bits per heavy atom. The summed E-state index contributed by atoms with van der Waals surface area (Å²) in [5.41, 5.74) is -25.9. The smallest absolute Gasteiger partial charge is 0.0579 e. The van der Waals surface area contributed by atoms with Crippen LogP contribution in [0.15, 0.2) is 0 Å². The molecular formula is C92H93B48. The van der Waals surface area contributed by atoms with Crippen molar-refractivity contribution >= 4 is 377 Å². The van der Waals surface area contributed by atoms with E-state index in [1.54, 1.807) is 154 Å². The third-order valence-electron chi connectivity index (χ3n) is 20.3. The first-order valence-corrected chi connectivity index (χ1v) is 46.5. The lowest BCUT2D eigenvalue weighted by molar-refractivity contribution is 0.456. The van der Waals surface area contributed by atoms with Gasteiger partial charge in [0, 0.05) is 0 Å². The zero-order valence-electron chi connectivity index (χ0n) is 81.0. The van der Waals surface area contributed by atoms with Gasteiger partial charge >= 0.3 is 0 Å². The minimum atomic E-state index is -1.16. The van der Waals surface area contributed by atoms with Gasteiger partial charge in [-0.1, -0.05) is 6.42 Å². The average molecular weight is 1720 g/mol. The lowest BCUT2D eigenvalue weighted by Crippen LogP contribution is -2.31. The van der Waals surface area contributed by atoms with Crippen LogP contribution in [0.5, 0.6) is 0 Å². The molecule has 0 fully saturated rings. The molecule has 0 heterocycles. The van der Waals surface area contributed by atoms with Crippen molar-refractivity contribution in [3.8, 4) is 0 Å². The monoisotopic (exact) mass is 1730 g/mol. The molecule has 0 N–H and O–H groups in total. The largest absolute Gasteiger partial charge is 0.107 e. The van der Waals surface area contributed by atoms with Crippen molar-refractivity contribution in [2.45, 2.75) is 144 Å². The summed E-state index contributed by atoms with van der Waals surface area (Å²) >= 11 is 0. The van der Waals surface area contributed by atoms with Crippen LogP contribution in [0.3, 0.4) is 0 Å². The summed E-state index contributed by atoms with van der Waals surface area (Å²) in [7, 11) is 311. The van der Waals surface area contributed by atoms with Gasteiger partial charge in [-0.2, -0.15) is 0 Å². The Balaban J connectivity index is 12.3. The van der Waals surface area contributed by atoms with E-state index in [-0.39, 0.29) is 6.42 Å². The second-order valence-corrected chi connectivity index (χ2v) is 35.6. The second-order valence-electron chi connectivity index (χ2n) is 35.6. The van der Waals surface area contributed by atoms with E-state index >= 15 is 0 Å². The van der Waals surface area contributed by atoms with Gasteiger partial charge in [0.15, 0.2) is 0 Å². The predicted octanol–water partition coefficient (Wildman–Crippen LogP) is 2.12. The molecule has 3 atom stereocenters. The summed E-state index contributed by atoms with van der Waals surface area (Å²) in [5, 5.41) is 0. The molecule has 141 radical (unpaired) electrons. The molecule has 140 heavy (non-hydrogen) atoms. The van der Waals surface area contributed by atoms with E-state index in [4.69, 9.17) is 377 Å². The van der Waals surface area contributed by atoms with Crippen molar-refractivity contribution in [3.05, 3.63) is 289 Å². The molecule has 0 aliphatic carbocycles. The van der Waals surface area contributed by atoms with Crippen LogP contribution >= 0.6 is 0 Å². The molecule has 0 aromatic heterocycles. The zero-order valence-corrected chi connectivity index (χ0v) is 81.0. The maximum Gasteiger partial charge on any atom is 0.0579 e. The van der Waals surface area contributed by atoms with Crippen LogP contribution in [-0.2, 0) is 0 Å². The van der Waals surface area contributed by atoms with Crippen molar-refractivity contribution in [3.63, 3.8) is 0 Å². The SMILES string of the molecule is [B]C([B])[CH]CC([CH]C([B])[B])[CH]C([CH]C([CH]C([B])[B])[CH]C([B])[B])[CH]C([CH]C([CH]C([CH]C([B])[B])[CH]C([B])[B])[CH]C([CH]C([B])[B])[CH]C([B])[B])[CH]C([CH]C([CH]C([CH]C([CH]C([B])[B])[CH]C([B])[B])[CH]C([CH]C([B])[B])[CH]C([B])[B])[CH]C([CH]C([CH]C([B])[B])[CH]C([B])[B])[CH]C([CH]C([B])[B])[CH]C([B])[B])[CH]C([CH]C([CH]C([CH]C([B])[B])[CH]C([B])[B])[CH]C([CH]C([B])[B])[CH]C([B])[B])[CH]C([CH]C([CH]C([B])[B])[CH]C([B])[B])[CH]C([CH]C([B])[B])[CH]C([B])[B]. The summed E-state index contributed by atoms with van der Waals surface area (Å²) in [6.45, 7) is 0. The van der Waals surface area contributed by atoms with E-state index in [1.807, 2.05) is 135 Å². The van der Waals surface area contributed by atoms with E-state index in [0.717, 1.165) is 0 Å². The van der Waals surface area contributed by atoms with Gasteiger partial charge in [-0.15, -0.1) is 137 Å². The third-order valence-corrected chi connectivity index (χ3v) is 20.3. The van der Waals surface area contributed by atoms with Crippen molar-refractivity contribution < 1.29 is 0 Å². The molecule has 0 aromatic carbocycles. The van der Waals surface area contributed by atoms with E-state index in [0.29, 0.717) is 0 Å². The van der Waals surface area contributed by atoms with Gasteiger partial charge in [0.05, 0.1) is 377 Å². The summed E-state index contributed by atoms with van der Waals surface area (Å²) < 4.78 is 0. The number of rotatable bonds is 91. The Kier molecular flexibility index (Phi) is 82.6. The van der Waals surface area contributed by atoms with Crippen LogP contribution in [-0.4, -0.2) is 377 Å². The van der Waals surface area contributed by atoms with Crippen LogP contribution in [0.2, 0.25) is 137 Å². The molecule has 605 valence electrons. The van der Waals surface area contributed by atoms with E-state index in [2.05, 4.69) is 0 Å². The Morgan fingerprint density at radius 1 is 0.0786 bits per heavy atom. The fourth-order valence-electron chi connectivity index (χ4n) is 15.9. The summed E-state index contributed by atoms with van der Waals surface area (Å²) in [5.74, 6) is -19.7. The molecule has 0 amide bonds. The van der Waals surface area contributed by atoms with Crippen LogP contribution in [0.1, 0.15) is 6.42 Å². The standard InChI is InChI=1S/C92H93B48/c93-69(94)2-1-47(24-70(95)96)3-48(13-58(25-71(97)98)26-72(99)100)4-49(8-53(14-59(27-73(101)102)28-74(103)104)15-60(29-75(105)106)30-76(107)108)5-50(6-51(9-54(16-61(31-77(109)110)32-78(111)112)17-62(33-79(113)114)34-80(115)116)10-55(18-63(35-81(117)118)36-82(119)120)19-64(37-83(121)122)38-84(123)124)7-52(11-56(20-65(39-85(125)126)40-86(127)128)21-66(41-87(129)130)42-88(131)132)12-57(22-67(43-89(133)134)44-90(135)136)23-68(45-91(137)138)46-92(139)140/h2-92H,1H2. The first-order valence-electron chi connectivity index (χ1n) is 46.5. The molecule has 0 saturated heterocycles. The molecule has 48 heteroatoms. The number of hydrogen-bond acceptors (Lipinski definition) is 0. The Morgan fingerprint density at radius 3 is 0.221 bits per heavy atom. The fraction of sp³-hybridized carbons (Fsp3) is 0.511. The first-order chi connectivity index (χ1) is 65.0. The average Bonchev–Trinajstić information content (AvgIpc) is 0.838. The lowest BCUT2D eigenvalue weighted by atomic mass is 9.58. The van der Waals surface area contributed by atoms with E-state index in [9.17, 15) is 0 Å². The maximum absolute atomic E-state index is 6.53. The quantitative estimate of drug-likeness (QED) is 0.0821. The molecular weight excluding hydrogens is 1620 g/mol. The Hall–Kier alpha value is 3.12. The molecule has 0 rings (SSSR count). The minimum Gasteiger partial charge on any atom is -0.107 e. The highest BCUT2D eigenvalue weighted by Crippen LogP contribution is 2.49. The number of hydrogen-bond donors (Lipinski definition) is 0. The minimum absolute atomic E-state index is 0.169. The van der Waals surface area contributed by atoms with Gasteiger partial charge in [-0.05, 0) is 419 Å². The highest BCUT2D eigenvalue weighted by Gasteiger charge is 2.41. The van der Waals surface area contributed by atoms with Gasteiger partial charge in [0.1, 0.15) is 0 Å². The van der Waals surface area contributed by atoms with Gasteiger partial charge in [0.25, 0.3) is 0 Å². The van der Waals surface area contributed by atoms with Crippen LogP contribution < -0.4 is 0 Å². The summed E-state index contributed by atoms with van der Waals surface area (Å²) in [6, 6.07) is 0. The van der Waals surface area contributed by atoms with Crippen molar-refractivity contribution in [1.82, 2.24) is 0 Å². The van der Waals surface area contributed by atoms with Gasteiger partial charge in [0.2, 0.25) is 0 Å². The second kappa shape index (κ2) is 80.8. The molecule has 3 unspecified atom stereocenters. The lowest BCUT2D eigenvalue weighted by Gasteiger charge is -2.39. The molecule has 0 aliphatic heterocycles. The summed E-state index contributed by atoms with van der Waals surface area (Å²) in [4.78, 5) is 0. The zero-order chi connectivity index (χ0) is 107. The molecule has 0 aromatic rings. The van der Waals surface area contributed by atoms with Crippen molar-refractivity contribution in [2.24, 2.45) is 130 Å². The predicted molar refractivity (Wildman–Crippen MR) is 641 cm³/mol. The molecule has 0 nitrogen and oxygen atoms in total. The van der Waals surface area contributed by atoms with Gasteiger partial charge in [-0.25, -0.2) is 0 Å². The fourth-order valence-corrected chi connectivity index (χ4v) is 15.9. The topological polar surface area (TPSA) is 0 Å². The Bertz CT molecular complexity index is 2370. The third kappa shape index (κ3) is 81.7. The summed E-state index contributed by atoms with van der Waals surface area (Å²) in [6.07, 6.45) is 79.4. The first kappa shape index (κ1) is 143. The normalized spacial score (nSPS) is 14.1. The van der Waals surface area contributed by atoms with Crippen LogP contribution in [0.4, 0.5) is 0 Å². The van der Waals surface area contributed by atoms with E-state index in [1.165, 1.54) is 0 Å².